The van der Waals surface area contributed by atoms with Crippen molar-refractivity contribution in [2.24, 2.45) is 34.9 Å². The standard InChI is InChI=1S/C32H25N11/c1-5-8-11-19-18(7-3)26-38-27(19)36-25-17(4)22(33-14-6-2)30(37-25)40-28-20-12-9-16-35-24(20)32(41-28)43-29-21-13-10-15-34-23(21)31(39-26)42-29/h5-10,12-16,35H,2-3,11H2,1,4H3,(H,36,37,38,39,40,41,42,43)/b8-5-,33-14?. The molecule has 1 aromatic heterocycles. The van der Waals surface area contributed by atoms with Crippen LogP contribution in [0.25, 0.3) is 11.3 Å². The van der Waals surface area contributed by atoms with E-state index >= 15 is 0 Å². The number of nitrogens with one attached hydrogen (secondary N) is 2. The van der Waals surface area contributed by atoms with Crippen LogP contribution >= 0.6 is 0 Å². The zero-order valence-corrected chi connectivity index (χ0v) is 23.5. The van der Waals surface area contributed by atoms with E-state index in [9.17, 15) is 0 Å². The lowest BCUT2D eigenvalue weighted by molar-refractivity contribution is 1.24. The van der Waals surface area contributed by atoms with Crippen LogP contribution in [-0.4, -0.2) is 56.2 Å². The van der Waals surface area contributed by atoms with Crippen molar-refractivity contribution in [3.8, 4) is 11.3 Å². The third-order valence-corrected chi connectivity index (χ3v) is 7.15. The number of rotatable bonds is 5. The number of pyridine rings is 2. The number of allylic oxidation sites excluding steroid dienone is 3. The molecule has 11 nitrogen and oxygen atoms in total. The molecule has 0 fully saturated rings. The van der Waals surface area contributed by atoms with Gasteiger partial charge in [-0.2, -0.15) is 0 Å². The van der Waals surface area contributed by atoms with E-state index in [0.717, 1.165) is 27.8 Å². The van der Waals surface area contributed by atoms with E-state index in [1.54, 1.807) is 24.6 Å². The fourth-order valence-corrected chi connectivity index (χ4v) is 5.09. The molecule has 0 radical (unpaired) electrons. The van der Waals surface area contributed by atoms with Crippen LogP contribution in [0.1, 0.15) is 31.5 Å². The number of nitrogens with zero attached hydrogens (tertiary/aromatic N) is 9. The highest BCUT2D eigenvalue weighted by Gasteiger charge is 2.31. The Morgan fingerprint density at radius 3 is 2.53 bits per heavy atom. The number of H-pyrrole nitrogens is 1. The maximum atomic E-state index is 4.94. The average Bonchev–Trinajstić information content (AvgIpc) is 3.73. The normalized spacial score (nSPS) is 17.5. The van der Waals surface area contributed by atoms with Gasteiger partial charge in [-0.05, 0) is 44.5 Å². The summed E-state index contributed by atoms with van der Waals surface area (Å²) in [7, 11) is 0. The Labute approximate surface area is 247 Å². The first-order chi connectivity index (χ1) is 21.1. The number of aliphatic imine (C=N–C) groups is 7. The van der Waals surface area contributed by atoms with E-state index in [1.807, 2.05) is 50.4 Å². The van der Waals surface area contributed by atoms with Gasteiger partial charge in [-0.25, -0.2) is 34.9 Å². The number of hydrogen-bond donors (Lipinski definition) is 2. The van der Waals surface area contributed by atoms with Crippen LogP contribution in [0.15, 0.2) is 131 Å². The lowest BCUT2D eigenvalue weighted by Gasteiger charge is -2.07. The maximum absolute atomic E-state index is 4.94. The first-order valence-electron chi connectivity index (χ1n) is 13.7. The molecule has 208 valence electrons. The molecule has 2 N–H and O–H groups in total. The van der Waals surface area contributed by atoms with E-state index in [-0.39, 0.29) is 0 Å². The van der Waals surface area contributed by atoms with Gasteiger partial charge in [0.2, 0.25) is 0 Å². The van der Waals surface area contributed by atoms with Crippen molar-refractivity contribution < 1.29 is 0 Å². The summed E-state index contributed by atoms with van der Waals surface area (Å²) in [6.45, 7) is 11.7. The molecule has 0 unspecified atom stereocenters. The van der Waals surface area contributed by atoms with Gasteiger partial charge in [0.15, 0.2) is 40.8 Å². The lowest BCUT2D eigenvalue weighted by Crippen LogP contribution is -2.31. The van der Waals surface area contributed by atoms with Gasteiger partial charge in [-0.1, -0.05) is 37.5 Å². The van der Waals surface area contributed by atoms with E-state index < -0.39 is 0 Å². The molecule has 0 saturated heterocycles. The molecule has 0 aromatic carbocycles. The van der Waals surface area contributed by atoms with Gasteiger partial charge in [-0.3, -0.25) is 9.98 Å². The molecule has 0 aliphatic carbocycles. The maximum Gasteiger partial charge on any atom is 0.182 e. The minimum atomic E-state index is 0.378. The number of fused-ring (bicyclic) bond motifs is 11. The van der Waals surface area contributed by atoms with Gasteiger partial charge in [0.25, 0.3) is 0 Å². The minimum Gasteiger partial charge on any atom is -0.358 e. The Morgan fingerprint density at radius 2 is 1.70 bits per heavy atom. The van der Waals surface area contributed by atoms with Gasteiger partial charge < -0.3 is 10.3 Å². The summed E-state index contributed by atoms with van der Waals surface area (Å²) in [5.74, 6) is 3.77. The molecule has 0 atom stereocenters. The van der Waals surface area contributed by atoms with Crippen molar-refractivity contribution in [1.82, 2.24) is 20.3 Å². The van der Waals surface area contributed by atoms with Crippen LogP contribution in [0.2, 0.25) is 0 Å². The van der Waals surface area contributed by atoms with Crippen molar-refractivity contribution in [2.45, 2.75) is 20.3 Å². The number of aromatic amines is 1. The monoisotopic (exact) mass is 563 g/mol. The third kappa shape index (κ3) is 4.34. The zero-order chi connectivity index (χ0) is 29.5. The predicted molar refractivity (Wildman–Crippen MR) is 173 cm³/mol. The van der Waals surface area contributed by atoms with E-state index in [0.29, 0.717) is 70.2 Å². The van der Waals surface area contributed by atoms with E-state index in [4.69, 9.17) is 34.9 Å². The summed E-state index contributed by atoms with van der Waals surface area (Å²) in [5, 5.41) is 3.40. The summed E-state index contributed by atoms with van der Waals surface area (Å²) < 4.78 is 0. The highest BCUT2D eigenvalue weighted by molar-refractivity contribution is 6.32. The fraction of sp³-hybridized carbons (Fsp3) is 0.0938. The van der Waals surface area contributed by atoms with Gasteiger partial charge in [-0.15, -0.1) is 0 Å². The highest BCUT2D eigenvalue weighted by atomic mass is 15.2. The second kappa shape index (κ2) is 10.5. The first-order valence-corrected chi connectivity index (χ1v) is 13.7. The molecule has 0 amide bonds. The predicted octanol–water partition coefficient (Wildman–Crippen LogP) is 5.58. The second-order valence-electron chi connectivity index (χ2n) is 9.76. The molecule has 7 rings (SSSR count). The summed E-state index contributed by atoms with van der Waals surface area (Å²) >= 11 is 0. The highest BCUT2D eigenvalue weighted by Crippen LogP contribution is 2.40. The smallest absolute Gasteiger partial charge is 0.182 e. The molecule has 8 bridgehead atoms. The van der Waals surface area contributed by atoms with Crippen molar-refractivity contribution in [1.29, 1.82) is 0 Å². The Balaban J connectivity index is 1.52. The number of hydrogen-bond acceptors (Lipinski definition) is 10. The molecule has 43 heavy (non-hydrogen) atoms. The third-order valence-electron chi connectivity index (χ3n) is 7.15. The molecule has 0 spiro atoms. The summed E-state index contributed by atoms with van der Waals surface area (Å²) in [4.78, 5) is 46.5. The van der Waals surface area contributed by atoms with E-state index in [1.165, 1.54) is 0 Å². The summed E-state index contributed by atoms with van der Waals surface area (Å²) in [6, 6.07) is 7.61. The van der Waals surface area contributed by atoms with Crippen molar-refractivity contribution >= 4 is 52.9 Å². The average molecular weight is 564 g/mol. The Bertz CT molecular complexity index is 2020. The summed E-state index contributed by atoms with van der Waals surface area (Å²) in [6.07, 6.45) is 13.2. The minimum absolute atomic E-state index is 0.378. The Morgan fingerprint density at radius 1 is 0.884 bits per heavy atom. The molecule has 1 aromatic rings. The van der Waals surface area contributed by atoms with Crippen LogP contribution in [0.5, 0.6) is 0 Å². The molecule has 7 heterocycles. The van der Waals surface area contributed by atoms with Crippen LogP contribution in [0.3, 0.4) is 0 Å². The van der Waals surface area contributed by atoms with Crippen LogP contribution < -0.4 is 5.32 Å². The topological polar surface area (TPSA) is 140 Å². The van der Waals surface area contributed by atoms with Gasteiger partial charge in [0, 0.05) is 46.5 Å². The molecular weight excluding hydrogens is 538 g/mol. The first kappa shape index (κ1) is 26.0. The van der Waals surface area contributed by atoms with Crippen LogP contribution in [0.4, 0.5) is 11.6 Å². The molecule has 6 aliphatic rings. The van der Waals surface area contributed by atoms with E-state index in [2.05, 4.69) is 39.5 Å². The van der Waals surface area contributed by atoms with Crippen LogP contribution in [-0.2, 0) is 0 Å². The number of amidine groups is 6. The zero-order valence-electron chi connectivity index (χ0n) is 23.5. The molecular formula is C32H25N11. The molecule has 11 heteroatoms. The fourth-order valence-electron chi connectivity index (χ4n) is 5.09. The van der Waals surface area contributed by atoms with Gasteiger partial charge >= 0.3 is 0 Å². The lowest BCUT2D eigenvalue weighted by atomic mass is 10.0. The van der Waals surface area contributed by atoms with Crippen molar-refractivity contribution in [2.75, 3.05) is 0 Å². The largest absolute Gasteiger partial charge is 0.358 e. The Kier molecular flexibility index (Phi) is 6.31. The Hall–Kier alpha value is -5.97. The molecule has 0 saturated carbocycles. The van der Waals surface area contributed by atoms with Crippen LogP contribution in [0, 0.1) is 0 Å². The van der Waals surface area contributed by atoms with Crippen molar-refractivity contribution in [3.05, 3.63) is 108 Å². The molecule has 6 aliphatic heterocycles. The van der Waals surface area contributed by atoms with Gasteiger partial charge in [0.1, 0.15) is 17.2 Å². The van der Waals surface area contributed by atoms with Crippen molar-refractivity contribution in [3.63, 3.8) is 0 Å². The second-order valence-corrected chi connectivity index (χ2v) is 9.76. The summed E-state index contributed by atoms with van der Waals surface area (Å²) in [5.41, 5.74) is 5.95. The van der Waals surface area contributed by atoms with Gasteiger partial charge in [0.05, 0.1) is 5.69 Å². The SMILES string of the molecule is C=CC=NC1=C(C)C2=NC1=Nc1nc(c3[nH]cccc1-3)N=C1N=C(NC3=NC(=N2)C(C/C=C\C)=C3C=C)c2ncccc21. The quantitative estimate of drug-likeness (QED) is 0.309. The number of aromatic nitrogens is 3.